The van der Waals surface area contributed by atoms with Gasteiger partial charge in [0, 0.05) is 12.4 Å². The Kier molecular flexibility index (Phi) is 7.35. The van der Waals surface area contributed by atoms with Crippen LogP contribution < -0.4 is 0 Å². The van der Waals surface area contributed by atoms with Gasteiger partial charge in [-0.3, -0.25) is 9.97 Å². The van der Waals surface area contributed by atoms with Crippen LogP contribution >= 0.6 is 0 Å². The van der Waals surface area contributed by atoms with Crippen LogP contribution in [0.1, 0.15) is 76.3 Å². The van der Waals surface area contributed by atoms with E-state index in [4.69, 9.17) is 0 Å². The van der Waals surface area contributed by atoms with Crippen molar-refractivity contribution in [2.24, 2.45) is 0 Å². The zero-order valence-electron chi connectivity index (χ0n) is 14.3. The molecule has 0 fully saturated rings. The van der Waals surface area contributed by atoms with Gasteiger partial charge in [0.1, 0.15) is 0 Å². The van der Waals surface area contributed by atoms with Gasteiger partial charge in [0.15, 0.2) is 0 Å². The van der Waals surface area contributed by atoms with Crippen LogP contribution in [0.25, 0.3) is 11.0 Å². The molecule has 1 heterocycles. The van der Waals surface area contributed by atoms with E-state index in [1.165, 1.54) is 75.3 Å². The number of aryl methyl sites for hydroxylation is 2. The molecule has 0 aliphatic carbocycles. The SMILES string of the molecule is CCCCCCc1cc2nccnc2cc1CCCCCC. The first-order chi connectivity index (χ1) is 10.8. The fraction of sp³-hybridized carbons (Fsp3) is 0.600. The Morgan fingerprint density at radius 3 is 1.50 bits per heavy atom. The zero-order chi connectivity index (χ0) is 15.6. The van der Waals surface area contributed by atoms with E-state index in [9.17, 15) is 0 Å². The number of unbranched alkanes of at least 4 members (excludes halogenated alkanes) is 6. The Bertz CT molecular complexity index is 512. The molecule has 2 heteroatoms. The quantitative estimate of drug-likeness (QED) is 0.512. The first-order valence-corrected chi connectivity index (χ1v) is 9.07. The van der Waals surface area contributed by atoms with Crippen molar-refractivity contribution in [1.82, 2.24) is 9.97 Å². The molecule has 2 aromatic rings. The van der Waals surface area contributed by atoms with E-state index in [0.29, 0.717) is 0 Å². The minimum atomic E-state index is 1.05. The highest BCUT2D eigenvalue weighted by Crippen LogP contribution is 2.21. The topological polar surface area (TPSA) is 25.8 Å². The molecule has 0 bridgehead atoms. The molecule has 0 N–H and O–H groups in total. The van der Waals surface area contributed by atoms with Crippen LogP contribution in [-0.2, 0) is 12.8 Å². The summed E-state index contributed by atoms with van der Waals surface area (Å²) < 4.78 is 0. The van der Waals surface area contributed by atoms with Gasteiger partial charge in [0.25, 0.3) is 0 Å². The van der Waals surface area contributed by atoms with E-state index in [0.717, 1.165) is 11.0 Å². The fourth-order valence-electron chi connectivity index (χ4n) is 3.05. The Labute approximate surface area is 135 Å². The lowest BCUT2D eigenvalue weighted by Gasteiger charge is -2.11. The molecule has 1 aromatic heterocycles. The molecule has 0 aliphatic rings. The largest absolute Gasteiger partial charge is 0.253 e. The van der Waals surface area contributed by atoms with Crippen molar-refractivity contribution in [2.75, 3.05) is 0 Å². The number of rotatable bonds is 10. The number of benzene rings is 1. The van der Waals surface area contributed by atoms with E-state index in [2.05, 4.69) is 35.9 Å². The summed E-state index contributed by atoms with van der Waals surface area (Å²) in [7, 11) is 0. The van der Waals surface area contributed by atoms with Crippen LogP contribution in [0.15, 0.2) is 24.5 Å². The molecular formula is C20H30N2. The first kappa shape index (κ1) is 16.9. The van der Waals surface area contributed by atoms with Crippen molar-refractivity contribution < 1.29 is 0 Å². The molecule has 2 nitrogen and oxygen atoms in total. The van der Waals surface area contributed by atoms with Gasteiger partial charge in [0.2, 0.25) is 0 Å². The minimum absolute atomic E-state index is 1.05. The van der Waals surface area contributed by atoms with Crippen LogP contribution in [-0.4, -0.2) is 9.97 Å². The van der Waals surface area contributed by atoms with E-state index in [-0.39, 0.29) is 0 Å². The summed E-state index contributed by atoms with van der Waals surface area (Å²) in [6.45, 7) is 4.54. The Morgan fingerprint density at radius 1 is 0.636 bits per heavy atom. The third-order valence-corrected chi connectivity index (χ3v) is 4.39. The molecule has 0 spiro atoms. The van der Waals surface area contributed by atoms with Gasteiger partial charge in [-0.15, -0.1) is 0 Å². The number of nitrogens with zero attached hydrogens (tertiary/aromatic N) is 2. The average Bonchev–Trinajstić information content (AvgIpc) is 2.55. The van der Waals surface area contributed by atoms with Crippen LogP contribution in [0.5, 0.6) is 0 Å². The van der Waals surface area contributed by atoms with E-state index in [1.54, 1.807) is 12.4 Å². The van der Waals surface area contributed by atoms with Crippen LogP contribution in [0.2, 0.25) is 0 Å². The highest BCUT2D eigenvalue weighted by molar-refractivity contribution is 5.75. The molecule has 0 amide bonds. The van der Waals surface area contributed by atoms with Crippen LogP contribution in [0.3, 0.4) is 0 Å². The third-order valence-electron chi connectivity index (χ3n) is 4.39. The van der Waals surface area contributed by atoms with Crippen molar-refractivity contribution >= 4 is 11.0 Å². The van der Waals surface area contributed by atoms with Crippen molar-refractivity contribution in [2.45, 2.75) is 78.1 Å². The van der Waals surface area contributed by atoms with Crippen molar-refractivity contribution in [3.63, 3.8) is 0 Å². The van der Waals surface area contributed by atoms with E-state index >= 15 is 0 Å². The molecule has 0 unspecified atom stereocenters. The molecule has 0 saturated heterocycles. The molecule has 2 rings (SSSR count). The lowest BCUT2D eigenvalue weighted by molar-refractivity contribution is 0.651. The van der Waals surface area contributed by atoms with Gasteiger partial charge in [-0.1, -0.05) is 52.4 Å². The maximum Gasteiger partial charge on any atom is 0.0889 e. The lowest BCUT2D eigenvalue weighted by Crippen LogP contribution is -1.98. The fourth-order valence-corrected chi connectivity index (χ4v) is 3.05. The summed E-state index contributed by atoms with van der Waals surface area (Å²) in [5, 5.41) is 0. The Balaban J connectivity index is 2.09. The van der Waals surface area contributed by atoms with Gasteiger partial charge in [-0.25, -0.2) is 0 Å². The smallest absolute Gasteiger partial charge is 0.0889 e. The number of fused-ring (bicyclic) bond motifs is 1. The summed E-state index contributed by atoms with van der Waals surface area (Å²) in [5.41, 5.74) is 5.09. The van der Waals surface area contributed by atoms with Gasteiger partial charge in [-0.2, -0.15) is 0 Å². The predicted molar refractivity (Wildman–Crippen MR) is 95.2 cm³/mol. The second-order valence-corrected chi connectivity index (χ2v) is 6.29. The number of aromatic nitrogens is 2. The monoisotopic (exact) mass is 298 g/mol. The van der Waals surface area contributed by atoms with Crippen molar-refractivity contribution in [1.29, 1.82) is 0 Å². The Morgan fingerprint density at radius 2 is 1.09 bits per heavy atom. The van der Waals surface area contributed by atoms with Gasteiger partial charge >= 0.3 is 0 Å². The predicted octanol–water partition coefficient (Wildman–Crippen LogP) is 5.88. The third kappa shape index (κ3) is 5.08. The summed E-state index contributed by atoms with van der Waals surface area (Å²) in [4.78, 5) is 8.95. The standard InChI is InChI=1S/C20H30N2/c1-3-5-7-9-11-17-15-19-20(22-14-13-21-19)16-18(17)12-10-8-6-4-2/h13-16H,3-12H2,1-2H3. The van der Waals surface area contributed by atoms with Gasteiger partial charge < -0.3 is 0 Å². The molecule has 22 heavy (non-hydrogen) atoms. The number of hydrogen-bond donors (Lipinski definition) is 0. The molecule has 120 valence electrons. The molecule has 1 aromatic carbocycles. The minimum Gasteiger partial charge on any atom is -0.253 e. The second-order valence-electron chi connectivity index (χ2n) is 6.29. The van der Waals surface area contributed by atoms with Crippen LogP contribution in [0, 0.1) is 0 Å². The first-order valence-electron chi connectivity index (χ1n) is 9.07. The van der Waals surface area contributed by atoms with Crippen LogP contribution in [0.4, 0.5) is 0 Å². The summed E-state index contributed by atoms with van der Waals surface area (Å²) in [6.07, 6.45) is 16.5. The average molecular weight is 298 g/mol. The summed E-state index contributed by atoms with van der Waals surface area (Å²) in [5.74, 6) is 0. The lowest BCUT2D eigenvalue weighted by atomic mass is 9.96. The van der Waals surface area contributed by atoms with Crippen molar-refractivity contribution in [3.05, 3.63) is 35.7 Å². The maximum absolute atomic E-state index is 4.47. The Hall–Kier alpha value is -1.44. The second kappa shape index (κ2) is 9.55. The normalized spacial score (nSPS) is 11.2. The highest BCUT2D eigenvalue weighted by atomic mass is 14.8. The maximum atomic E-state index is 4.47. The molecular weight excluding hydrogens is 268 g/mol. The van der Waals surface area contributed by atoms with Gasteiger partial charge in [-0.05, 0) is 48.9 Å². The van der Waals surface area contributed by atoms with E-state index in [1.807, 2.05) is 0 Å². The number of hydrogen-bond acceptors (Lipinski definition) is 2. The molecule has 0 saturated carbocycles. The molecule has 0 aliphatic heterocycles. The zero-order valence-corrected chi connectivity index (χ0v) is 14.3. The van der Waals surface area contributed by atoms with Gasteiger partial charge in [0.05, 0.1) is 11.0 Å². The summed E-state index contributed by atoms with van der Waals surface area (Å²) >= 11 is 0. The molecule has 0 atom stereocenters. The highest BCUT2D eigenvalue weighted by Gasteiger charge is 2.07. The van der Waals surface area contributed by atoms with Crippen molar-refractivity contribution in [3.8, 4) is 0 Å². The molecule has 0 radical (unpaired) electrons. The summed E-state index contributed by atoms with van der Waals surface area (Å²) in [6, 6.07) is 4.56. The van der Waals surface area contributed by atoms with E-state index < -0.39 is 0 Å².